The van der Waals surface area contributed by atoms with Gasteiger partial charge in [-0.15, -0.1) is 0 Å². The summed E-state index contributed by atoms with van der Waals surface area (Å²) in [6, 6.07) is 22.5. The van der Waals surface area contributed by atoms with Crippen molar-refractivity contribution in [1.29, 1.82) is 0 Å². The second-order valence-electron chi connectivity index (χ2n) is 10.9. The van der Waals surface area contributed by atoms with E-state index in [-0.39, 0.29) is 0 Å². The van der Waals surface area contributed by atoms with Crippen molar-refractivity contribution < 1.29 is 54.3 Å². The Morgan fingerprint density at radius 2 is 1.29 bits per heavy atom. The molecule has 0 amide bonds. The number of hydrogen-bond acceptors (Lipinski definition) is 10. The van der Waals surface area contributed by atoms with Crippen molar-refractivity contribution in [2.24, 2.45) is 0 Å². The highest BCUT2D eigenvalue weighted by Gasteiger charge is 2.59. The maximum Gasteiger partial charge on any atom is 0.523 e. The Morgan fingerprint density at radius 3 is 1.80 bits per heavy atom. The van der Waals surface area contributed by atoms with Gasteiger partial charge in [0.2, 0.25) is 6.10 Å². The van der Waals surface area contributed by atoms with Crippen molar-refractivity contribution in [2.75, 3.05) is 14.2 Å². The van der Waals surface area contributed by atoms with E-state index in [1.807, 2.05) is 66.7 Å². The Balaban J connectivity index is 1.70. The van der Waals surface area contributed by atoms with Crippen LogP contribution in [0.15, 0.2) is 78.9 Å². The van der Waals surface area contributed by atoms with E-state index in [4.69, 9.17) is 14.2 Å². The van der Waals surface area contributed by atoms with Crippen molar-refractivity contribution in [1.82, 2.24) is 5.32 Å². The van der Waals surface area contributed by atoms with Gasteiger partial charge < -0.3 is 18.9 Å². The number of carbonyl (C=O) groups is 2. The average molecular weight is 650 g/mol. The first-order valence-corrected chi connectivity index (χ1v) is 15.1. The molecule has 1 saturated heterocycles. The molecule has 5 rings (SSSR count). The lowest BCUT2D eigenvalue weighted by Gasteiger charge is -2.39. The maximum atomic E-state index is 13.7. The quantitative estimate of drug-likeness (QED) is 0.206. The van der Waals surface area contributed by atoms with E-state index in [0.717, 1.165) is 36.5 Å². The zero-order valence-electron chi connectivity index (χ0n) is 24.5. The van der Waals surface area contributed by atoms with Crippen LogP contribution in [-0.2, 0) is 48.4 Å². The van der Waals surface area contributed by atoms with Gasteiger partial charge in [0.25, 0.3) is 0 Å². The summed E-state index contributed by atoms with van der Waals surface area (Å²) in [5.41, 5.74) is -3.29. The number of carbonyl (C=O) groups excluding carboxylic acids is 2. The molecule has 240 valence electrons. The van der Waals surface area contributed by atoms with Crippen LogP contribution in [0.5, 0.6) is 0 Å². The third-order valence-electron chi connectivity index (χ3n) is 7.72. The van der Waals surface area contributed by atoms with Crippen LogP contribution in [0.25, 0.3) is 11.1 Å². The molecule has 2 aliphatic rings. The molecule has 0 saturated carbocycles. The maximum absolute atomic E-state index is 13.7. The lowest BCUT2D eigenvalue weighted by molar-refractivity contribution is -0.169. The largest absolute Gasteiger partial charge is 0.523 e. The number of ether oxygens (including phenoxy) is 4. The summed E-state index contributed by atoms with van der Waals surface area (Å²) < 4.78 is 90.4. The summed E-state index contributed by atoms with van der Waals surface area (Å²) in [4.78, 5) is 26.5. The van der Waals surface area contributed by atoms with Gasteiger partial charge in [0.1, 0.15) is 18.2 Å². The molecule has 3 aromatic carbocycles. The van der Waals surface area contributed by atoms with Crippen LogP contribution in [0, 0.1) is 0 Å². The fourth-order valence-electron chi connectivity index (χ4n) is 5.95. The molecule has 1 heterocycles. The monoisotopic (exact) mass is 649 g/mol. The molecular formula is C31H30F3NO9S. The molecule has 1 fully saturated rings. The smallest absolute Gasteiger partial charge is 0.468 e. The molecule has 10 nitrogen and oxygen atoms in total. The molecule has 3 aromatic rings. The van der Waals surface area contributed by atoms with E-state index in [1.165, 1.54) is 13.8 Å². The van der Waals surface area contributed by atoms with E-state index >= 15 is 0 Å². The minimum Gasteiger partial charge on any atom is -0.468 e. The lowest BCUT2D eigenvalue weighted by atomic mass is 9.79. The lowest BCUT2D eigenvalue weighted by Crippen LogP contribution is -2.61. The second kappa shape index (κ2) is 11.8. The number of hydrogen-bond donors (Lipinski definition) is 1. The zero-order chi connectivity index (χ0) is 32.8. The molecule has 14 heteroatoms. The average Bonchev–Trinajstić information content (AvgIpc) is 3.49. The van der Waals surface area contributed by atoms with E-state index in [9.17, 15) is 31.2 Å². The van der Waals surface area contributed by atoms with Gasteiger partial charge in [-0.3, -0.25) is 10.1 Å². The van der Waals surface area contributed by atoms with Gasteiger partial charge in [0, 0.05) is 0 Å². The predicted molar refractivity (Wildman–Crippen MR) is 153 cm³/mol. The summed E-state index contributed by atoms with van der Waals surface area (Å²) in [5, 5.41) is 3.36. The Hall–Kier alpha value is -3.82. The van der Waals surface area contributed by atoms with Gasteiger partial charge in [-0.1, -0.05) is 78.9 Å². The van der Waals surface area contributed by atoms with Crippen molar-refractivity contribution >= 4 is 22.1 Å². The highest BCUT2D eigenvalue weighted by atomic mass is 32.2. The summed E-state index contributed by atoms with van der Waals surface area (Å²) in [6.45, 7) is 2.77. The van der Waals surface area contributed by atoms with Crippen LogP contribution < -0.4 is 5.32 Å². The summed E-state index contributed by atoms with van der Waals surface area (Å²) in [7, 11) is -4.40. The van der Waals surface area contributed by atoms with Gasteiger partial charge >= 0.3 is 27.6 Å². The normalized spacial score (nSPS) is 21.3. The second-order valence-corrected chi connectivity index (χ2v) is 12.4. The topological polar surface area (TPSA) is 126 Å². The Bertz CT molecular complexity index is 1650. The highest BCUT2D eigenvalue weighted by Crippen LogP contribution is 2.51. The van der Waals surface area contributed by atoms with Crippen LogP contribution in [0.4, 0.5) is 13.2 Å². The van der Waals surface area contributed by atoms with Crippen molar-refractivity contribution in [3.63, 3.8) is 0 Å². The molecule has 0 bridgehead atoms. The van der Waals surface area contributed by atoms with Gasteiger partial charge in [0.15, 0.2) is 5.79 Å². The summed E-state index contributed by atoms with van der Waals surface area (Å²) in [5.74, 6) is -4.07. The van der Waals surface area contributed by atoms with Crippen molar-refractivity contribution in [2.45, 2.75) is 55.0 Å². The Morgan fingerprint density at radius 1 is 0.800 bits per heavy atom. The SMILES string of the molecule is COC(=O)[C@@H](NC1(c2ccccc2)c2ccccc2-c2ccccc21)[C@H]1OC(C)(C)O[C@@H]1[C@H](OS(=O)(=O)C(F)(F)F)C(=O)OC. The molecule has 0 spiro atoms. The fourth-order valence-corrected chi connectivity index (χ4v) is 6.52. The number of benzene rings is 3. The third-order valence-corrected chi connectivity index (χ3v) is 8.75. The van der Waals surface area contributed by atoms with Crippen LogP contribution in [0.3, 0.4) is 0 Å². The Kier molecular flexibility index (Phi) is 8.57. The van der Waals surface area contributed by atoms with Gasteiger partial charge in [-0.2, -0.15) is 21.6 Å². The molecule has 4 atom stereocenters. The number of methoxy groups -OCH3 is 2. The molecule has 0 aromatic heterocycles. The van der Waals surface area contributed by atoms with Crippen LogP contribution in [0.1, 0.15) is 30.5 Å². The van der Waals surface area contributed by atoms with Gasteiger partial charge in [-0.05, 0) is 41.7 Å². The van der Waals surface area contributed by atoms with Gasteiger partial charge in [0.05, 0.1) is 19.8 Å². The first kappa shape index (κ1) is 32.6. The minimum atomic E-state index is -6.33. The third kappa shape index (κ3) is 5.72. The number of alkyl halides is 3. The molecule has 45 heavy (non-hydrogen) atoms. The van der Waals surface area contributed by atoms with E-state index < -0.39 is 63.2 Å². The van der Waals surface area contributed by atoms with Crippen LogP contribution in [-0.4, -0.2) is 70.2 Å². The molecule has 1 aliphatic heterocycles. The molecule has 0 radical (unpaired) electrons. The first-order valence-electron chi connectivity index (χ1n) is 13.7. The fraction of sp³-hybridized carbons (Fsp3) is 0.355. The standard InChI is InChI=1S/C31H30F3NO9S/c1-29(2)42-24(25(43-29)26(28(37)41-4)44-45(38,39)31(32,33)34)23(27(36)40-3)35-30(18-12-6-5-7-13-18)21-16-10-8-14-19(21)20-15-9-11-17-22(20)30/h5-17,23-26,35H,1-4H3/t23-,24+,25-,26-/m0/s1. The highest BCUT2D eigenvalue weighted by molar-refractivity contribution is 7.87. The van der Waals surface area contributed by atoms with Crippen molar-refractivity contribution in [3.8, 4) is 11.1 Å². The number of rotatable bonds is 9. The van der Waals surface area contributed by atoms with Gasteiger partial charge in [-0.25, -0.2) is 8.98 Å². The summed E-state index contributed by atoms with van der Waals surface area (Å²) in [6.07, 6.45) is -6.06. The summed E-state index contributed by atoms with van der Waals surface area (Å²) >= 11 is 0. The van der Waals surface area contributed by atoms with E-state index in [1.54, 1.807) is 12.1 Å². The zero-order valence-corrected chi connectivity index (χ0v) is 25.3. The van der Waals surface area contributed by atoms with Crippen LogP contribution in [0.2, 0.25) is 0 Å². The van der Waals surface area contributed by atoms with E-state index in [2.05, 4.69) is 14.2 Å². The number of esters is 2. The Labute approximate surface area is 257 Å². The molecule has 1 aliphatic carbocycles. The van der Waals surface area contributed by atoms with Crippen LogP contribution >= 0.6 is 0 Å². The van der Waals surface area contributed by atoms with E-state index in [0.29, 0.717) is 5.56 Å². The predicted octanol–water partition coefficient (Wildman–Crippen LogP) is 4.02. The number of nitrogens with one attached hydrogen (secondary N) is 1. The minimum absolute atomic E-state index is 0.687. The number of fused-ring (bicyclic) bond motifs is 3. The van der Waals surface area contributed by atoms with Crippen molar-refractivity contribution in [3.05, 3.63) is 95.6 Å². The molecule has 0 unspecified atom stereocenters. The molecular weight excluding hydrogens is 619 g/mol. The molecule has 1 N–H and O–H groups in total. The number of halogens is 3. The first-order chi connectivity index (χ1) is 21.2.